The molecule has 1 fully saturated rings. The van der Waals surface area contributed by atoms with Crippen molar-refractivity contribution in [1.29, 1.82) is 0 Å². The minimum Gasteiger partial charge on any atom is -0.491 e. The first kappa shape index (κ1) is 22.8. The van der Waals surface area contributed by atoms with Crippen molar-refractivity contribution in [2.45, 2.75) is 58.1 Å². The van der Waals surface area contributed by atoms with E-state index in [1.54, 1.807) is 0 Å². The Bertz CT molecular complexity index is 921. The number of nitrogens with zero attached hydrogens (tertiary/aromatic N) is 1. The first-order chi connectivity index (χ1) is 14.6. The summed E-state index contributed by atoms with van der Waals surface area (Å²) in [5.41, 5.74) is 3.35. The Morgan fingerprint density at radius 3 is 2.48 bits per heavy atom. The number of benzene rings is 2. The van der Waals surface area contributed by atoms with Gasteiger partial charge in [-0.25, -0.2) is 4.79 Å². The minimum absolute atomic E-state index is 0.00144. The van der Waals surface area contributed by atoms with Gasteiger partial charge in [-0.2, -0.15) is 0 Å². The lowest BCUT2D eigenvalue weighted by atomic mass is 9.86. The number of aliphatic hydroxyl groups excluding tert-OH is 1. The van der Waals surface area contributed by atoms with Crippen LogP contribution in [0.3, 0.4) is 0 Å². The van der Waals surface area contributed by atoms with Gasteiger partial charge in [0.1, 0.15) is 24.5 Å². The number of imide groups is 1. The molecule has 0 spiro atoms. The lowest BCUT2D eigenvalue weighted by Crippen LogP contribution is -2.40. The van der Waals surface area contributed by atoms with Crippen LogP contribution in [0.1, 0.15) is 43.9 Å². The highest BCUT2D eigenvalue weighted by Gasteiger charge is 2.38. The fourth-order valence-corrected chi connectivity index (χ4v) is 3.63. The third-order valence-electron chi connectivity index (χ3n) is 5.54. The molecule has 3 amide bonds. The molecule has 0 saturated carbocycles. The number of amides is 3. The third-order valence-corrected chi connectivity index (χ3v) is 5.54. The molecule has 1 aliphatic rings. The molecule has 1 saturated heterocycles. The van der Waals surface area contributed by atoms with Crippen LogP contribution in [-0.2, 0) is 16.6 Å². The first-order valence-electron chi connectivity index (χ1n) is 10.7. The minimum atomic E-state index is -0.968. The van der Waals surface area contributed by atoms with Gasteiger partial charge in [0.15, 0.2) is 0 Å². The maximum absolute atomic E-state index is 12.6. The Labute approximate surface area is 184 Å². The Kier molecular flexibility index (Phi) is 7.01. The van der Waals surface area contributed by atoms with Gasteiger partial charge in [0.2, 0.25) is 0 Å². The van der Waals surface area contributed by atoms with Gasteiger partial charge in [0.05, 0.1) is 6.54 Å². The van der Waals surface area contributed by atoms with Gasteiger partial charge in [-0.3, -0.25) is 9.69 Å². The Morgan fingerprint density at radius 2 is 1.84 bits per heavy atom. The second kappa shape index (κ2) is 9.52. The fourth-order valence-electron chi connectivity index (χ4n) is 3.63. The molecule has 6 heteroatoms. The standard InChI is InChI=1S/C25H32N2O4/c1-17-14-19(25(2,3)4)11-13-22(17)31-16-20(28)15-27-23(29)21(26-24(27)30)12-10-18-8-6-5-7-9-18/h5-9,11,13-14,20-21,28H,10,12,15-16H2,1-4H3,(H,26,30). The van der Waals surface area contributed by atoms with Crippen molar-refractivity contribution in [3.63, 3.8) is 0 Å². The molecule has 166 valence electrons. The van der Waals surface area contributed by atoms with Crippen LogP contribution < -0.4 is 10.1 Å². The SMILES string of the molecule is Cc1cc(C(C)(C)C)ccc1OCC(O)CN1C(=O)NC(CCc2ccccc2)C1=O. The van der Waals surface area contributed by atoms with Crippen LogP contribution in [0.25, 0.3) is 0 Å². The summed E-state index contributed by atoms with van der Waals surface area (Å²) in [5.74, 6) is 0.385. The van der Waals surface area contributed by atoms with E-state index in [1.165, 1.54) is 5.56 Å². The Balaban J connectivity index is 1.51. The van der Waals surface area contributed by atoms with E-state index >= 15 is 0 Å². The number of urea groups is 1. The lowest BCUT2D eigenvalue weighted by Gasteiger charge is -2.22. The second-order valence-corrected chi connectivity index (χ2v) is 9.17. The van der Waals surface area contributed by atoms with Crippen LogP contribution in [0.5, 0.6) is 5.75 Å². The average Bonchev–Trinajstić information content (AvgIpc) is 2.99. The van der Waals surface area contributed by atoms with Gasteiger partial charge in [-0.1, -0.05) is 63.2 Å². The van der Waals surface area contributed by atoms with E-state index in [0.717, 1.165) is 16.0 Å². The summed E-state index contributed by atoms with van der Waals surface area (Å²) in [6.07, 6.45) is 0.252. The number of hydrogen-bond acceptors (Lipinski definition) is 4. The molecule has 0 radical (unpaired) electrons. The molecular formula is C25H32N2O4. The number of carbonyl (C=O) groups excluding carboxylic acids is 2. The number of ether oxygens (including phenoxy) is 1. The van der Waals surface area contributed by atoms with E-state index in [2.05, 4.69) is 32.2 Å². The summed E-state index contributed by atoms with van der Waals surface area (Å²) < 4.78 is 5.76. The predicted molar refractivity (Wildman–Crippen MR) is 120 cm³/mol. The normalized spacial score (nSPS) is 17.6. The fraction of sp³-hybridized carbons (Fsp3) is 0.440. The smallest absolute Gasteiger partial charge is 0.324 e. The molecule has 0 bridgehead atoms. The van der Waals surface area contributed by atoms with Gasteiger partial charge in [0, 0.05) is 0 Å². The van der Waals surface area contributed by atoms with Crippen molar-refractivity contribution in [1.82, 2.24) is 10.2 Å². The number of carbonyl (C=O) groups is 2. The van der Waals surface area contributed by atoms with Crippen LogP contribution in [0.4, 0.5) is 4.79 Å². The molecule has 31 heavy (non-hydrogen) atoms. The molecule has 2 unspecified atom stereocenters. The molecular weight excluding hydrogens is 392 g/mol. The van der Waals surface area contributed by atoms with E-state index in [-0.39, 0.29) is 24.5 Å². The lowest BCUT2D eigenvalue weighted by molar-refractivity contribution is -0.128. The molecule has 6 nitrogen and oxygen atoms in total. The van der Waals surface area contributed by atoms with Gasteiger partial charge in [-0.05, 0) is 47.9 Å². The summed E-state index contributed by atoms with van der Waals surface area (Å²) in [6.45, 7) is 8.32. The molecule has 2 aromatic carbocycles. The van der Waals surface area contributed by atoms with Crippen molar-refractivity contribution in [3.8, 4) is 5.75 Å². The maximum Gasteiger partial charge on any atom is 0.324 e. The number of β-amino-alcohol motifs (C(OH)–C–C–N with tert-alkyl or cyclic N) is 1. The maximum atomic E-state index is 12.6. The monoisotopic (exact) mass is 424 g/mol. The quantitative estimate of drug-likeness (QED) is 0.635. The van der Waals surface area contributed by atoms with Crippen LogP contribution in [0.15, 0.2) is 48.5 Å². The highest BCUT2D eigenvalue weighted by molar-refractivity contribution is 6.04. The van der Waals surface area contributed by atoms with Gasteiger partial charge < -0.3 is 15.2 Å². The summed E-state index contributed by atoms with van der Waals surface area (Å²) >= 11 is 0. The zero-order valence-corrected chi connectivity index (χ0v) is 18.7. The molecule has 2 N–H and O–H groups in total. The second-order valence-electron chi connectivity index (χ2n) is 9.17. The average molecular weight is 425 g/mol. The van der Waals surface area contributed by atoms with E-state index in [0.29, 0.717) is 18.6 Å². The zero-order chi connectivity index (χ0) is 22.6. The van der Waals surface area contributed by atoms with Crippen molar-refractivity contribution < 1.29 is 19.4 Å². The van der Waals surface area contributed by atoms with Crippen LogP contribution in [-0.4, -0.2) is 47.2 Å². The van der Waals surface area contributed by atoms with Crippen molar-refractivity contribution in [2.75, 3.05) is 13.2 Å². The van der Waals surface area contributed by atoms with Crippen LogP contribution in [0, 0.1) is 6.92 Å². The van der Waals surface area contributed by atoms with Gasteiger partial charge in [0.25, 0.3) is 5.91 Å². The largest absolute Gasteiger partial charge is 0.491 e. The van der Waals surface area contributed by atoms with Gasteiger partial charge >= 0.3 is 6.03 Å². The van der Waals surface area contributed by atoms with Crippen molar-refractivity contribution in [3.05, 3.63) is 65.2 Å². The summed E-state index contributed by atoms with van der Waals surface area (Å²) in [7, 11) is 0. The summed E-state index contributed by atoms with van der Waals surface area (Å²) in [6, 6.07) is 14.8. The van der Waals surface area contributed by atoms with E-state index in [4.69, 9.17) is 4.74 Å². The van der Waals surface area contributed by atoms with Crippen LogP contribution in [0.2, 0.25) is 0 Å². The van der Waals surface area contributed by atoms with Crippen LogP contribution >= 0.6 is 0 Å². The molecule has 3 rings (SSSR count). The topological polar surface area (TPSA) is 78.9 Å². The highest BCUT2D eigenvalue weighted by atomic mass is 16.5. The van der Waals surface area contributed by atoms with Gasteiger partial charge in [-0.15, -0.1) is 0 Å². The van der Waals surface area contributed by atoms with Crippen molar-refractivity contribution in [2.24, 2.45) is 0 Å². The summed E-state index contributed by atoms with van der Waals surface area (Å²) in [5, 5.41) is 13.1. The molecule has 1 heterocycles. The number of aryl methyl sites for hydroxylation is 2. The molecule has 0 aliphatic carbocycles. The number of aliphatic hydroxyl groups is 1. The summed E-state index contributed by atoms with van der Waals surface area (Å²) in [4.78, 5) is 25.9. The molecule has 2 atom stereocenters. The highest BCUT2D eigenvalue weighted by Crippen LogP contribution is 2.27. The molecule has 1 aliphatic heterocycles. The number of nitrogens with one attached hydrogen (secondary N) is 1. The predicted octanol–water partition coefficient (Wildman–Crippen LogP) is 3.59. The number of hydrogen-bond donors (Lipinski definition) is 2. The first-order valence-corrected chi connectivity index (χ1v) is 10.7. The molecule has 2 aromatic rings. The zero-order valence-electron chi connectivity index (χ0n) is 18.7. The van der Waals surface area contributed by atoms with E-state index < -0.39 is 18.2 Å². The van der Waals surface area contributed by atoms with Crippen molar-refractivity contribution >= 4 is 11.9 Å². The van der Waals surface area contributed by atoms with E-state index in [9.17, 15) is 14.7 Å². The number of rotatable bonds is 8. The Hall–Kier alpha value is -2.86. The van der Waals surface area contributed by atoms with E-state index in [1.807, 2.05) is 49.4 Å². The Morgan fingerprint density at radius 1 is 1.13 bits per heavy atom. The molecule has 0 aromatic heterocycles. The third kappa shape index (κ3) is 5.85.